The van der Waals surface area contributed by atoms with Gasteiger partial charge in [0.05, 0.1) is 5.60 Å². The van der Waals surface area contributed by atoms with E-state index in [1.54, 1.807) is 0 Å². The molecule has 1 heteroatoms. The summed E-state index contributed by atoms with van der Waals surface area (Å²) in [5, 5.41) is 10.2. The van der Waals surface area contributed by atoms with Gasteiger partial charge in [-0.05, 0) is 56.3 Å². The average molecular weight is 152 g/mol. The normalized spacial score (nSPS) is 60.3. The molecule has 4 atom stereocenters. The van der Waals surface area contributed by atoms with Crippen LogP contribution in [0.1, 0.15) is 38.5 Å². The lowest BCUT2D eigenvalue weighted by Crippen LogP contribution is -2.55. The number of aliphatic hydroxyl groups is 1. The molecule has 5 rings (SSSR count). The summed E-state index contributed by atoms with van der Waals surface area (Å²) in [6.45, 7) is 0. The fraction of sp³-hybridized carbons (Fsp3) is 1.00. The third-order valence-corrected chi connectivity index (χ3v) is 4.46. The van der Waals surface area contributed by atoms with E-state index in [1.807, 2.05) is 0 Å². The lowest BCUT2D eigenvalue weighted by atomic mass is 9.51. The fourth-order valence-electron chi connectivity index (χ4n) is 3.80. The molecule has 0 amide bonds. The molecule has 1 N–H and O–H groups in total. The molecule has 0 radical (unpaired) electrons. The number of rotatable bonds is 0. The quantitative estimate of drug-likeness (QED) is 0.562. The topological polar surface area (TPSA) is 20.2 Å². The van der Waals surface area contributed by atoms with Crippen LogP contribution in [-0.2, 0) is 0 Å². The Morgan fingerprint density at radius 1 is 1.09 bits per heavy atom. The Hall–Kier alpha value is -0.0400. The van der Waals surface area contributed by atoms with E-state index in [0.29, 0.717) is 5.92 Å². The number of hydrogen-bond acceptors (Lipinski definition) is 1. The van der Waals surface area contributed by atoms with Crippen LogP contribution in [0.4, 0.5) is 0 Å². The van der Waals surface area contributed by atoms with E-state index in [9.17, 15) is 5.11 Å². The molecular formula is C10H16O. The van der Waals surface area contributed by atoms with Crippen molar-refractivity contribution in [1.29, 1.82) is 0 Å². The maximum Gasteiger partial charge on any atom is 0.0678 e. The van der Waals surface area contributed by atoms with Gasteiger partial charge in [-0.1, -0.05) is 0 Å². The molecular weight excluding hydrogens is 136 g/mol. The zero-order chi connectivity index (χ0) is 7.47. The maximum absolute atomic E-state index is 10.2. The molecule has 4 unspecified atom stereocenters. The molecule has 5 aliphatic carbocycles. The molecule has 5 saturated carbocycles. The van der Waals surface area contributed by atoms with Crippen LogP contribution < -0.4 is 0 Å². The average Bonchev–Trinajstić information content (AvgIpc) is 2.03. The first-order valence-electron chi connectivity index (χ1n) is 5.00. The Bertz CT molecular complexity index is 189. The Morgan fingerprint density at radius 3 is 2.55 bits per heavy atom. The first kappa shape index (κ1) is 6.47. The van der Waals surface area contributed by atoms with Gasteiger partial charge in [-0.2, -0.15) is 0 Å². The Balaban J connectivity index is 1.99. The molecule has 0 heterocycles. The van der Waals surface area contributed by atoms with E-state index in [4.69, 9.17) is 0 Å². The van der Waals surface area contributed by atoms with Gasteiger partial charge in [-0.3, -0.25) is 0 Å². The standard InChI is InChI=1S/C10H16O/c11-10-4-3-7-5-9(10)2-1-8(7)6-10/h7-9,11H,1-6H2. The third kappa shape index (κ3) is 0.703. The summed E-state index contributed by atoms with van der Waals surface area (Å²) in [7, 11) is 0. The van der Waals surface area contributed by atoms with E-state index in [-0.39, 0.29) is 5.60 Å². The zero-order valence-corrected chi connectivity index (χ0v) is 6.92. The van der Waals surface area contributed by atoms with Crippen LogP contribution in [0, 0.1) is 17.8 Å². The van der Waals surface area contributed by atoms with Crippen LogP contribution >= 0.6 is 0 Å². The van der Waals surface area contributed by atoms with Crippen molar-refractivity contribution < 1.29 is 5.11 Å². The van der Waals surface area contributed by atoms with Crippen molar-refractivity contribution in [2.75, 3.05) is 0 Å². The molecule has 5 fully saturated rings. The zero-order valence-electron chi connectivity index (χ0n) is 6.92. The summed E-state index contributed by atoms with van der Waals surface area (Å²) in [6, 6.07) is 0. The number of fused-ring (bicyclic) bond motifs is 2. The monoisotopic (exact) mass is 152 g/mol. The van der Waals surface area contributed by atoms with Gasteiger partial charge in [0.1, 0.15) is 0 Å². The Labute approximate surface area is 67.8 Å². The van der Waals surface area contributed by atoms with Crippen molar-refractivity contribution >= 4 is 0 Å². The van der Waals surface area contributed by atoms with Crippen LogP contribution in [0.25, 0.3) is 0 Å². The van der Waals surface area contributed by atoms with E-state index < -0.39 is 0 Å². The van der Waals surface area contributed by atoms with E-state index in [0.717, 1.165) is 24.7 Å². The molecule has 0 spiro atoms. The Morgan fingerprint density at radius 2 is 2.00 bits per heavy atom. The molecule has 0 aromatic carbocycles. The van der Waals surface area contributed by atoms with E-state index in [2.05, 4.69) is 0 Å². The van der Waals surface area contributed by atoms with Crippen molar-refractivity contribution in [3.05, 3.63) is 0 Å². The summed E-state index contributed by atoms with van der Waals surface area (Å²) in [5.74, 6) is 2.59. The fourth-order valence-corrected chi connectivity index (χ4v) is 3.80. The van der Waals surface area contributed by atoms with Crippen molar-refractivity contribution in [2.24, 2.45) is 17.8 Å². The first-order valence-corrected chi connectivity index (χ1v) is 5.00. The lowest BCUT2D eigenvalue weighted by molar-refractivity contribution is -0.160. The van der Waals surface area contributed by atoms with Gasteiger partial charge >= 0.3 is 0 Å². The van der Waals surface area contributed by atoms with Crippen LogP contribution in [0.3, 0.4) is 0 Å². The van der Waals surface area contributed by atoms with Gasteiger partial charge in [0.15, 0.2) is 0 Å². The summed E-state index contributed by atoms with van der Waals surface area (Å²) in [5.41, 5.74) is -0.197. The highest BCUT2D eigenvalue weighted by atomic mass is 16.3. The van der Waals surface area contributed by atoms with Gasteiger partial charge in [0, 0.05) is 0 Å². The van der Waals surface area contributed by atoms with Gasteiger partial charge in [0.25, 0.3) is 0 Å². The molecule has 0 saturated heterocycles. The smallest absolute Gasteiger partial charge is 0.0678 e. The highest BCUT2D eigenvalue weighted by Gasteiger charge is 2.53. The van der Waals surface area contributed by atoms with Crippen molar-refractivity contribution in [2.45, 2.75) is 44.1 Å². The van der Waals surface area contributed by atoms with Gasteiger partial charge in [0.2, 0.25) is 0 Å². The summed E-state index contributed by atoms with van der Waals surface area (Å²) in [6.07, 6.45) is 7.65. The van der Waals surface area contributed by atoms with E-state index in [1.165, 1.54) is 25.7 Å². The minimum atomic E-state index is -0.197. The van der Waals surface area contributed by atoms with Crippen LogP contribution in [0.15, 0.2) is 0 Å². The minimum Gasteiger partial charge on any atom is -0.390 e. The maximum atomic E-state index is 10.2. The van der Waals surface area contributed by atoms with Gasteiger partial charge in [-0.15, -0.1) is 0 Å². The third-order valence-electron chi connectivity index (χ3n) is 4.46. The predicted octanol–water partition coefficient (Wildman–Crippen LogP) is 1.95. The summed E-state index contributed by atoms with van der Waals surface area (Å²) in [4.78, 5) is 0. The van der Waals surface area contributed by atoms with Crippen LogP contribution in [0.2, 0.25) is 0 Å². The molecule has 0 aliphatic heterocycles. The van der Waals surface area contributed by atoms with E-state index >= 15 is 0 Å². The first-order chi connectivity index (χ1) is 5.28. The van der Waals surface area contributed by atoms with Crippen LogP contribution in [0.5, 0.6) is 0 Å². The molecule has 62 valence electrons. The molecule has 0 aromatic heterocycles. The van der Waals surface area contributed by atoms with Gasteiger partial charge in [-0.25, -0.2) is 0 Å². The molecule has 5 aliphatic rings. The van der Waals surface area contributed by atoms with Crippen molar-refractivity contribution in [3.8, 4) is 0 Å². The van der Waals surface area contributed by atoms with Gasteiger partial charge < -0.3 is 5.11 Å². The second-order valence-electron chi connectivity index (χ2n) is 4.88. The minimum absolute atomic E-state index is 0.197. The highest BCUT2D eigenvalue weighted by molar-refractivity contribution is 5.05. The second kappa shape index (κ2) is 1.82. The highest BCUT2D eigenvalue weighted by Crippen LogP contribution is 2.57. The summed E-state index contributed by atoms with van der Waals surface area (Å²) < 4.78 is 0. The Kier molecular flexibility index (Phi) is 1.07. The second-order valence-corrected chi connectivity index (χ2v) is 4.88. The molecule has 1 nitrogen and oxygen atoms in total. The lowest BCUT2D eigenvalue weighted by Gasteiger charge is -2.57. The molecule has 4 bridgehead atoms. The predicted molar refractivity (Wildman–Crippen MR) is 43.1 cm³/mol. The SMILES string of the molecule is OC12CCC3CC1CCC3C2. The molecule has 0 aromatic rings. The van der Waals surface area contributed by atoms with Crippen molar-refractivity contribution in [3.63, 3.8) is 0 Å². The summed E-state index contributed by atoms with van der Waals surface area (Å²) >= 11 is 0. The van der Waals surface area contributed by atoms with Crippen LogP contribution in [-0.4, -0.2) is 10.7 Å². The number of hydrogen-bond donors (Lipinski definition) is 1. The molecule has 11 heavy (non-hydrogen) atoms. The van der Waals surface area contributed by atoms with Crippen molar-refractivity contribution in [1.82, 2.24) is 0 Å². The largest absolute Gasteiger partial charge is 0.390 e.